The number of piperazine rings is 1. The van der Waals surface area contributed by atoms with Crippen molar-refractivity contribution in [2.75, 3.05) is 43.4 Å². The summed E-state index contributed by atoms with van der Waals surface area (Å²) in [5.41, 5.74) is -1.35. The lowest BCUT2D eigenvalue weighted by atomic mass is 9.91. The summed E-state index contributed by atoms with van der Waals surface area (Å²) < 4.78 is 85.4. The number of thioether (sulfide) groups is 1. The molecule has 2 unspecified atom stereocenters. The zero-order chi connectivity index (χ0) is 32.4. The highest BCUT2D eigenvalue weighted by molar-refractivity contribution is 7.99. The molecule has 3 atom stereocenters. The summed E-state index contributed by atoms with van der Waals surface area (Å²) in [6.07, 6.45) is -7.94. The summed E-state index contributed by atoms with van der Waals surface area (Å²) in [6, 6.07) is 4.24. The van der Waals surface area contributed by atoms with Gasteiger partial charge in [-0.1, -0.05) is 12.1 Å². The number of nitrogens with zero attached hydrogens (tertiary/aromatic N) is 5. The van der Waals surface area contributed by atoms with Gasteiger partial charge in [-0.15, -0.1) is 11.8 Å². The topological polar surface area (TPSA) is 81.9 Å². The van der Waals surface area contributed by atoms with Gasteiger partial charge in [0.2, 0.25) is 0 Å². The summed E-state index contributed by atoms with van der Waals surface area (Å²) >= 11 is 1.18. The average Bonchev–Trinajstić information content (AvgIpc) is 2.94. The molecule has 2 fully saturated rings. The van der Waals surface area contributed by atoms with Crippen molar-refractivity contribution in [2.24, 2.45) is 5.92 Å². The van der Waals surface area contributed by atoms with E-state index in [0.29, 0.717) is 19.5 Å². The number of aromatic nitrogens is 2. The maximum Gasteiger partial charge on any atom is 0.417 e. The van der Waals surface area contributed by atoms with Gasteiger partial charge in [0.05, 0.1) is 17.6 Å². The van der Waals surface area contributed by atoms with Crippen molar-refractivity contribution < 1.29 is 36.2 Å². The van der Waals surface area contributed by atoms with Crippen molar-refractivity contribution in [3.8, 4) is 11.1 Å². The Morgan fingerprint density at radius 3 is 2.40 bits per heavy atom. The summed E-state index contributed by atoms with van der Waals surface area (Å²) in [7, 11) is 0. The molecule has 1 aromatic heterocycles. The van der Waals surface area contributed by atoms with Gasteiger partial charge < -0.3 is 14.9 Å². The summed E-state index contributed by atoms with van der Waals surface area (Å²) in [5.74, 6) is -0.286. The number of carbonyl (C=O) groups is 1. The lowest BCUT2D eigenvalue weighted by Crippen LogP contribution is -2.58. The van der Waals surface area contributed by atoms with E-state index in [2.05, 4.69) is 4.98 Å². The fourth-order valence-corrected chi connectivity index (χ4v) is 8.21. The predicted molar refractivity (Wildman–Crippen MR) is 158 cm³/mol. The highest BCUT2D eigenvalue weighted by atomic mass is 32.2. The number of hydrogen-bond acceptors (Lipinski definition) is 6. The minimum absolute atomic E-state index is 0.0218. The minimum Gasteiger partial charge on any atom is -0.465 e. The van der Waals surface area contributed by atoms with Gasteiger partial charge in [-0.3, -0.25) is 9.47 Å². The van der Waals surface area contributed by atoms with E-state index in [-0.39, 0.29) is 64.0 Å². The van der Waals surface area contributed by atoms with E-state index in [0.717, 1.165) is 18.2 Å². The highest BCUT2D eigenvalue weighted by Crippen LogP contribution is 2.50. The first-order chi connectivity index (χ1) is 21.2. The molecule has 3 aromatic rings. The van der Waals surface area contributed by atoms with Crippen molar-refractivity contribution in [3.05, 3.63) is 52.2 Å². The van der Waals surface area contributed by atoms with Crippen LogP contribution in [0.1, 0.15) is 31.9 Å². The molecule has 6 rings (SSSR count). The number of alkyl halides is 5. The molecule has 1 N–H and O–H groups in total. The fraction of sp³-hybridized carbons (Fsp3) is 0.500. The average molecular weight is 656 g/mol. The number of likely N-dealkylation sites (tertiary alicyclic amines) is 1. The summed E-state index contributed by atoms with van der Waals surface area (Å²) in [5, 5.41) is 9.73. The first-order valence-corrected chi connectivity index (χ1v) is 15.6. The zero-order valence-electron chi connectivity index (χ0n) is 24.4. The summed E-state index contributed by atoms with van der Waals surface area (Å²) in [4.78, 5) is 34.8. The SMILES string of the molecule is CC1CN(c2nc(=O)n3c4c(c(-c5ccc(F)cc5)c(C(F)(F)F)cc24)SC[C@@H]3CC2CN(CC(F)F)C2)C(C)CN1C(=O)O. The first-order valence-electron chi connectivity index (χ1n) is 14.6. The number of carboxylic acid groups (broad SMARTS) is 1. The molecule has 4 heterocycles. The molecule has 2 saturated heterocycles. The van der Waals surface area contributed by atoms with E-state index in [1.165, 1.54) is 33.4 Å². The normalized spacial score (nSPS) is 22.7. The van der Waals surface area contributed by atoms with E-state index in [4.69, 9.17) is 0 Å². The van der Waals surface area contributed by atoms with Gasteiger partial charge >= 0.3 is 18.0 Å². The Bertz CT molecular complexity index is 1680. The van der Waals surface area contributed by atoms with Crippen molar-refractivity contribution in [2.45, 2.75) is 55.9 Å². The van der Waals surface area contributed by atoms with Crippen LogP contribution in [0.2, 0.25) is 0 Å². The van der Waals surface area contributed by atoms with E-state index >= 15 is 0 Å². The third-order valence-corrected chi connectivity index (χ3v) is 10.1. The van der Waals surface area contributed by atoms with Crippen LogP contribution in [0.15, 0.2) is 40.0 Å². The fourth-order valence-electron chi connectivity index (χ4n) is 6.85. The Labute approximate surface area is 258 Å². The minimum atomic E-state index is -4.81. The zero-order valence-corrected chi connectivity index (χ0v) is 25.2. The van der Waals surface area contributed by atoms with Gasteiger partial charge in [0.15, 0.2) is 0 Å². The van der Waals surface area contributed by atoms with Gasteiger partial charge in [0.25, 0.3) is 6.43 Å². The van der Waals surface area contributed by atoms with Crippen LogP contribution >= 0.6 is 11.8 Å². The Morgan fingerprint density at radius 1 is 1.09 bits per heavy atom. The molecule has 0 bridgehead atoms. The van der Waals surface area contributed by atoms with Crippen LogP contribution in [-0.4, -0.2) is 87.5 Å². The molecule has 1 amide bonds. The lowest BCUT2D eigenvalue weighted by Gasteiger charge is -2.44. The standard InChI is InChI=1S/C30H31F6N5O3S/c1-15-10-40(29(43)44)16(2)9-39(15)27-21-8-22(30(34,35)36)24(18-3-5-19(31)6-4-18)26-25(21)41(28(42)37-27)20(14-45-26)7-17-11-38(12-17)13-23(32)33/h3-6,8,15-17,20,23H,7,9-14H2,1-2H3,(H,43,44)/t15?,16?,20-/m0/s1. The molecule has 3 aliphatic rings. The van der Waals surface area contributed by atoms with Gasteiger partial charge in [-0.25, -0.2) is 22.8 Å². The molecule has 0 aliphatic carbocycles. The van der Waals surface area contributed by atoms with Crippen molar-refractivity contribution in [1.29, 1.82) is 0 Å². The molecular weight excluding hydrogens is 624 g/mol. The maximum absolute atomic E-state index is 14.8. The Balaban J connectivity index is 1.54. The van der Waals surface area contributed by atoms with E-state index in [9.17, 15) is 41.0 Å². The largest absolute Gasteiger partial charge is 0.465 e. The predicted octanol–water partition coefficient (Wildman–Crippen LogP) is 6.03. The van der Waals surface area contributed by atoms with Gasteiger partial charge in [0, 0.05) is 65.9 Å². The molecule has 242 valence electrons. The van der Waals surface area contributed by atoms with Crippen LogP contribution in [0.5, 0.6) is 0 Å². The van der Waals surface area contributed by atoms with Crippen LogP contribution in [-0.2, 0) is 6.18 Å². The third-order valence-electron chi connectivity index (χ3n) is 8.91. The molecule has 15 heteroatoms. The number of hydrogen-bond donors (Lipinski definition) is 1. The van der Waals surface area contributed by atoms with E-state index < -0.39 is 53.9 Å². The van der Waals surface area contributed by atoms with Crippen molar-refractivity contribution in [3.63, 3.8) is 0 Å². The van der Waals surface area contributed by atoms with Crippen LogP contribution in [0.3, 0.4) is 0 Å². The molecular formula is C30H31F6N5O3S. The van der Waals surface area contributed by atoms with Gasteiger partial charge in [0.1, 0.15) is 11.6 Å². The van der Waals surface area contributed by atoms with Gasteiger partial charge in [-0.05, 0) is 49.9 Å². The van der Waals surface area contributed by atoms with Crippen molar-refractivity contribution in [1.82, 2.24) is 19.4 Å². The molecule has 0 radical (unpaired) electrons. The third kappa shape index (κ3) is 5.84. The monoisotopic (exact) mass is 655 g/mol. The van der Waals surface area contributed by atoms with Gasteiger partial charge in [-0.2, -0.15) is 18.2 Å². The first kappa shape index (κ1) is 31.5. The smallest absolute Gasteiger partial charge is 0.417 e. The number of anilines is 1. The number of halogens is 6. The molecule has 0 saturated carbocycles. The van der Waals surface area contributed by atoms with Crippen LogP contribution < -0.4 is 10.6 Å². The molecule has 3 aliphatic heterocycles. The van der Waals surface area contributed by atoms with Crippen LogP contribution in [0.25, 0.3) is 22.0 Å². The molecule has 45 heavy (non-hydrogen) atoms. The van der Waals surface area contributed by atoms with Crippen molar-refractivity contribution >= 4 is 34.6 Å². The number of amides is 1. The van der Waals surface area contributed by atoms with Crippen LogP contribution in [0.4, 0.5) is 37.0 Å². The Morgan fingerprint density at radius 2 is 1.78 bits per heavy atom. The number of rotatable bonds is 6. The number of benzene rings is 2. The second kappa shape index (κ2) is 11.7. The Kier molecular flexibility index (Phi) is 8.21. The van der Waals surface area contributed by atoms with E-state index in [1.807, 2.05) is 0 Å². The second-order valence-corrected chi connectivity index (χ2v) is 13.1. The quantitative estimate of drug-likeness (QED) is 0.325. The summed E-state index contributed by atoms with van der Waals surface area (Å²) in [6.45, 7) is 4.09. The molecule has 8 nitrogen and oxygen atoms in total. The highest BCUT2D eigenvalue weighted by Gasteiger charge is 2.41. The van der Waals surface area contributed by atoms with Crippen LogP contribution in [0, 0.1) is 11.7 Å². The maximum atomic E-state index is 14.8. The lowest BCUT2D eigenvalue weighted by molar-refractivity contribution is -0.137. The second-order valence-electron chi connectivity index (χ2n) is 12.1. The van der Waals surface area contributed by atoms with E-state index in [1.54, 1.807) is 23.6 Å². The molecule has 0 spiro atoms. The molecule has 2 aromatic carbocycles. The Hall–Kier alpha value is -3.46.